The molecule has 0 aromatic heterocycles. The fraction of sp³-hybridized carbons (Fsp3) is 0.211. The van der Waals surface area contributed by atoms with Crippen LogP contribution in [0.3, 0.4) is 0 Å². The Kier molecular flexibility index (Phi) is 3.00. The maximum atomic E-state index is 11.2. The van der Waals surface area contributed by atoms with Crippen LogP contribution in [0.1, 0.15) is 39.9 Å². The second kappa shape index (κ2) is 5.02. The summed E-state index contributed by atoms with van der Waals surface area (Å²) < 4.78 is 0. The van der Waals surface area contributed by atoms with E-state index in [1.165, 1.54) is 5.56 Å². The molecule has 3 atom stereocenters. The number of fused-ring (bicyclic) bond motifs is 3. The van der Waals surface area contributed by atoms with Crippen molar-refractivity contribution in [3.8, 4) is 0 Å². The molecule has 0 saturated heterocycles. The van der Waals surface area contributed by atoms with Crippen LogP contribution in [0.5, 0.6) is 0 Å². The first-order valence-corrected chi connectivity index (χ1v) is 7.59. The van der Waals surface area contributed by atoms with Gasteiger partial charge in [-0.25, -0.2) is 4.79 Å². The van der Waals surface area contributed by atoms with Gasteiger partial charge in [-0.05, 0) is 41.7 Å². The monoisotopic (exact) mass is 291 g/mol. The predicted molar refractivity (Wildman–Crippen MR) is 86.2 cm³/mol. The summed E-state index contributed by atoms with van der Waals surface area (Å²) in [5.74, 6) is -0.133. The number of hydrogen-bond donors (Lipinski definition) is 2. The van der Waals surface area contributed by atoms with Crippen LogP contribution in [-0.4, -0.2) is 11.1 Å². The van der Waals surface area contributed by atoms with E-state index in [-0.39, 0.29) is 6.04 Å². The first-order chi connectivity index (χ1) is 10.7. The van der Waals surface area contributed by atoms with Gasteiger partial charge in [-0.2, -0.15) is 0 Å². The van der Waals surface area contributed by atoms with Crippen LogP contribution in [0, 0.1) is 5.92 Å². The third-order valence-corrected chi connectivity index (χ3v) is 4.77. The van der Waals surface area contributed by atoms with Crippen molar-refractivity contribution in [3.05, 3.63) is 77.4 Å². The zero-order chi connectivity index (χ0) is 15.1. The minimum absolute atomic E-state index is 0.268. The zero-order valence-corrected chi connectivity index (χ0v) is 12.1. The average Bonchev–Trinajstić information content (AvgIpc) is 3.04. The molecule has 0 amide bonds. The van der Waals surface area contributed by atoms with Gasteiger partial charge in [0.25, 0.3) is 0 Å². The van der Waals surface area contributed by atoms with E-state index < -0.39 is 5.97 Å². The molecule has 2 aromatic carbocycles. The number of benzene rings is 2. The highest BCUT2D eigenvalue weighted by Gasteiger charge is 2.37. The van der Waals surface area contributed by atoms with Gasteiger partial charge >= 0.3 is 5.97 Å². The quantitative estimate of drug-likeness (QED) is 0.815. The molecule has 0 saturated carbocycles. The number of carboxylic acid groups (broad SMARTS) is 1. The van der Waals surface area contributed by atoms with E-state index in [9.17, 15) is 9.90 Å². The minimum atomic E-state index is -0.869. The summed E-state index contributed by atoms with van der Waals surface area (Å²) in [6.07, 6.45) is 5.47. The summed E-state index contributed by atoms with van der Waals surface area (Å²) in [7, 11) is 0. The molecule has 0 spiro atoms. The molecule has 2 aliphatic rings. The minimum Gasteiger partial charge on any atom is -0.478 e. The lowest BCUT2D eigenvalue weighted by molar-refractivity contribution is 0.0696. The number of nitrogens with one attached hydrogen (secondary N) is 1. The average molecular weight is 291 g/mol. The molecular weight excluding hydrogens is 274 g/mol. The van der Waals surface area contributed by atoms with Crippen molar-refractivity contribution in [2.75, 3.05) is 5.32 Å². The molecule has 1 aliphatic carbocycles. The summed E-state index contributed by atoms with van der Waals surface area (Å²) in [6, 6.07) is 16.1. The molecule has 2 N–H and O–H groups in total. The molecule has 0 radical (unpaired) electrons. The summed E-state index contributed by atoms with van der Waals surface area (Å²) in [5.41, 5.74) is 3.80. The smallest absolute Gasteiger partial charge is 0.335 e. The molecule has 0 bridgehead atoms. The normalized spacial score (nSPS) is 25.2. The predicted octanol–water partition coefficient (Wildman–Crippen LogP) is 4.21. The van der Waals surface area contributed by atoms with E-state index in [1.807, 2.05) is 18.2 Å². The summed E-state index contributed by atoms with van der Waals surface area (Å²) in [6.45, 7) is 0. The van der Waals surface area contributed by atoms with Gasteiger partial charge < -0.3 is 10.4 Å². The van der Waals surface area contributed by atoms with Gasteiger partial charge in [0.15, 0.2) is 0 Å². The number of anilines is 1. The van der Waals surface area contributed by atoms with E-state index in [0.717, 1.165) is 17.7 Å². The first-order valence-electron chi connectivity index (χ1n) is 7.59. The van der Waals surface area contributed by atoms with Crippen LogP contribution in [0.25, 0.3) is 0 Å². The van der Waals surface area contributed by atoms with Gasteiger partial charge in [0, 0.05) is 11.6 Å². The fourth-order valence-electron chi connectivity index (χ4n) is 3.72. The van der Waals surface area contributed by atoms with Crippen molar-refractivity contribution in [3.63, 3.8) is 0 Å². The van der Waals surface area contributed by atoms with Crippen LogP contribution < -0.4 is 5.32 Å². The third kappa shape index (κ3) is 2.01. The Morgan fingerprint density at radius 3 is 2.73 bits per heavy atom. The molecule has 22 heavy (non-hydrogen) atoms. The summed E-state index contributed by atoms with van der Waals surface area (Å²) in [5, 5.41) is 12.8. The molecule has 2 aromatic rings. The first kappa shape index (κ1) is 13.1. The van der Waals surface area contributed by atoms with Crippen molar-refractivity contribution >= 4 is 11.7 Å². The second-order valence-corrected chi connectivity index (χ2v) is 5.99. The standard InChI is InChI=1S/C19H17NO2/c21-19(22)13-9-10-17-16(11-13)14-7-4-8-15(14)18(20-17)12-5-2-1-3-6-12/h1-7,9-11,14-15,18,20H,8H2,(H,21,22)/t14-,15+,18-/m1/s1. The Labute approximate surface area is 129 Å². The largest absolute Gasteiger partial charge is 0.478 e. The van der Waals surface area contributed by atoms with Crippen LogP contribution in [0.15, 0.2) is 60.7 Å². The van der Waals surface area contributed by atoms with Crippen molar-refractivity contribution in [2.45, 2.75) is 18.4 Å². The van der Waals surface area contributed by atoms with Gasteiger partial charge in [0.05, 0.1) is 11.6 Å². The maximum absolute atomic E-state index is 11.2. The fourth-order valence-corrected chi connectivity index (χ4v) is 3.72. The Morgan fingerprint density at radius 1 is 1.14 bits per heavy atom. The van der Waals surface area contributed by atoms with E-state index in [4.69, 9.17) is 0 Å². The number of carbonyl (C=O) groups is 1. The number of carboxylic acids is 1. The number of allylic oxidation sites excluding steroid dienone is 2. The molecule has 4 rings (SSSR count). The highest BCUT2D eigenvalue weighted by molar-refractivity contribution is 5.89. The lowest BCUT2D eigenvalue weighted by atomic mass is 9.76. The molecule has 1 heterocycles. The summed E-state index contributed by atoms with van der Waals surface area (Å²) >= 11 is 0. The number of aromatic carboxylic acids is 1. The Balaban J connectivity index is 1.79. The summed E-state index contributed by atoms with van der Waals surface area (Å²) in [4.78, 5) is 11.2. The van der Waals surface area contributed by atoms with Crippen LogP contribution in [0.4, 0.5) is 5.69 Å². The SMILES string of the molecule is O=C(O)c1ccc2c(c1)[C@@H]1C=CC[C@@H]1[C@@H](c1ccccc1)N2. The van der Waals surface area contributed by atoms with Crippen molar-refractivity contribution in [1.82, 2.24) is 0 Å². The molecule has 0 fully saturated rings. The van der Waals surface area contributed by atoms with Gasteiger partial charge in [-0.3, -0.25) is 0 Å². The van der Waals surface area contributed by atoms with Gasteiger partial charge in [0.1, 0.15) is 0 Å². The van der Waals surface area contributed by atoms with Crippen molar-refractivity contribution < 1.29 is 9.90 Å². The molecule has 1 aliphatic heterocycles. The molecule has 110 valence electrons. The van der Waals surface area contributed by atoms with E-state index in [1.54, 1.807) is 6.07 Å². The molecule has 3 nitrogen and oxygen atoms in total. The van der Waals surface area contributed by atoms with E-state index in [0.29, 0.717) is 17.4 Å². The van der Waals surface area contributed by atoms with Gasteiger partial charge in [0.2, 0.25) is 0 Å². The Bertz CT molecular complexity index is 751. The highest BCUT2D eigenvalue weighted by atomic mass is 16.4. The van der Waals surface area contributed by atoms with Crippen LogP contribution >= 0.6 is 0 Å². The molecule has 3 heteroatoms. The lowest BCUT2D eigenvalue weighted by Gasteiger charge is -2.37. The second-order valence-electron chi connectivity index (χ2n) is 5.99. The van der Waals surface area contributed by atoms with Gasteiger partial charge in [-0.1, -0.05) is 42.5 Å². The number of rotatable bonds is 2. The zero-order valence-electron chi connectivity index (χ0n) is 12.1. The van der Waals surface area contributed by atoms with Crippen molar-refractivity contribution in [2.24, 2.45) is 5.92 Å². The van der Waals surface area contributed by atoms with Crippen LogP contribution in [0.2, 0.25) is 0 Å². The van der Waals surface area contributed by atoms with Gasteiger partial charge in [-0.15, -0.1) is 0 Å². The Hall–Kier alpha value is -2.55. The highest BCUT2D eigenvalue weighted by Crippen LogP contribution is 2.49. The molecular formula is C19H17NO2. The van der Waals surface area contributed by atoms with Crippen molar-refractivity contribution in [1.29, 1.82) is 0 Å². The molecule has 0 unspecified atom stereocenters. The topological polar surface area (TPSA) is 49.3 Å². The Morgan fingerprint density at radius 2 is 1.95 bits per heavy atom. The third-order valence-electron chi connectivity index (χ3n) is 4.77. The number of hydrogen-bond acceptors (Lipinski definition) is 2. The maximum Gasteiger partial charge on any atom is 0.335 e. The lowest BCUT2D eigenvalue weighted by Crippen LogP contribution is -2.29. The van der Waals surface area contributed by atoms with E-state index >= 15 is 0 Å². The van der Waals surface area contributed by atoms with Crippen LogP contribution in [-0.2, 0) is 0 Å². The van der Waals surface area contributed by atoms with E-state index in [2.05, 4.69) is 41.7 Å².